The van der Waals surface area contributed by atoms with Gasteiger partial charge in [-0.3, -0.25) is 18.6 Å². The molecular weight excluding hydrogens is 846 g/mol. The van der Waals surface area contributed by atoms with Gasteiger partial charge >= 0.3 is 19.8 Å². The number of hydrogen-bond donors (Lipinski definition) is 2. The molecule has 0 heterocycles. The van der Waals surface area contributed by atoms with Gasteiger partial charge in [-0.2, -0.15) is 0 Å². The van der Waals surface area contributed by atoms with Crippen LogP contribution in [0.2, 0.25) is 0 Å². The number of phosphoric acid groups is 1. The molecule has 0 aromatic carbocycles. The van der Waals surface area contributed by atoms with Gasteiger partial charge in [0.2, 0.25) is 0 Å². The average molecular weight is 954 g/mol. The van der Waals surface area contributed by atoms with E-state index in [1.165, 1.54) is 212 Å². The summed E-state index contributed by atoms with van der Waals surface area (Å²) in [7, 11) is -4.39. The maximum Gasteiger partial charge on any atom is 0.472 e. The first kappa shape index (κ1) is 64.5. The minimum Gasteiger partial charge on any atom is -0.462 e. The molecule has 0 saturated heterocycles. The lowest BCUT2D eigenvalue weighted by atomic mass is 10.0. The minimum absolute atomic E-state index is 0.0509. The quantitative estimate of drug-likeness (QED) is 0.0264. The lowest BCUT2D eigenvalue weighted by Gasteiger charge is -2.19. The first-order chi connectivity index (χ1) is 32.3. The molecule has 0 saturated carbocycles. The maximum absolute atomic E-state index is 12.7. The van der Waals surface area contributed by atoms with Gasteiger partial charge in [0.25, 0.3) is 0 Å². The zero-order valence-corrected chi connectivity index (χ0v) is 44.3. The van der Waals surface area contributed by atoms with Crippen molar-refractivity contribution >= 4 is 19.8 Å². The van der Waals surface area contributed by atoms with Crippen LogP contribution in [0.3, 0.4) is 0 Å². The highest BCUT2D eigenvalue weighted by molar-refractivity contribution is 7.47. The standard InChI is InChI=1S/C56H108NO8P/c1-3-5-7-9-11-13-15-17-19-21-23-25-27-29-30-32-34-36-38-40-42-44-46-48-55(58)62-52-54(53-64-66(60,61)63-51-50-57)65-56(59)49-47-45-43-41-39-37-35-33-31-28-26-24-22-20-18-16-14-12-10-8-6-4-2/h32,34,40,42,54H,3-31,33,35-39,41,43-53,57H2,1-2H3,(H,60,61)/b34-32+,42-40+/t54-/m1/s1. The summed E-state index contributed by atoms with van der Waals surface area (Å²) in [6.45, 7) is 3.76. The van der Waals surface area contributed by atoms with Gasteiger partial charge in [-0.15, -0.1) is 0 Å². The maximum atomic E-state index is 12.7. The summed E-state index contributed by atoms with van der Waals surface area (Å²) in [5.74, 6) is -0.861. The zero-order valence-electron chi connectivity index (χ0n) is 43.5. The Balaban J connectivity index is 4.00. The third-order valence-electron chi connectivity index (χ3n) is 12.6. The molecule has 0 aliphatic carbocycles. The fraction of sp³-hybridized carbons (Fsp3) is 0.893. The number of nitrogens with two attached hydrogens (primary N) is 1. The van der Waals surface area contributed by atoms with E-state index < -0.39 is 32.5 Å². The summed E-state index contributed by atoms with van der Waals surface area (Å²) in [6.07, 6.45) is 61.0. The summed E-state index contributed by atoms with van der Waals surface area (Å²) in [5.41, 5.74) is 5.38. The molecule has 0 aromatic heterocycles. The minimum atomic E-state index is -4.39. The normalized spacial score (nSPS) is 13.2. The molecule has 0 aliphatic rings. The van der Waals surface area contributed by atoms with Crippen LogP contribution in [0.4, 0.5) is 0 Å². The van der Waals surface area contributed by atoms with E-state index in [0.29, 0.717) is 12.8 Å². The van der Waals surface area contributed by atoms with Crippen LogP contribution in [0, 0.1) is 0 Å². The Labute approximate surface area is 408 Å². The van der Waals surface area contributed by atoms with Crippen molar-refractivity contribution in [2.75, 3.05) is 26.4 Å². The van der Waals surface area contributed by atoms with Crippen molar-refractivity contribution in [1.29, 1.82) is 0 Å². The predicted octanol–water partition coefficient (Wildman–Crippen LogP) is 17.5. The number of carbonyl (C=O) groups is 2. The summed E-state index contributed by atoms with van der Waals surface area (Å²) in [5, 5.41) is 0. The number of hydrogen-bond acceptors (Lipinski definition) is 8. The summed E-state index contributed by atoms with van der Waals surface area (Å²) in [6, 6.07) is 0. The number of esters is 2. The number of carbonyl (C=O) groups excluding carboxylic acids is 2. The number of allylic oxidation sites excluding steroid dienone is 4. The Bertz CT molecular complexity index is 1130. The summed E-state index contributed by atoms with van der Waals surface area (Å²) in [4.78, 5) is 35.1. The van der Waals surface area contributed by atoms with Gasteiger partial charge in [-0.25, -0.2) is 4.57 Å². The number of unbranched alkanes of at least 4 members (excludes halogenated alkanes) is 37. The molecule has 0 fully saturated rings. The van der Waals surface area contributed by atoms with Crippen molar-refractivity contribution in [3.63, 3.8) is 0 Å². The van der Waals surface area contributed by atoms with Crippen LogP contribution >= 0.6 is 7.82 Å². The third-order valence-corrected chi connectivity index (χ3v) is 13.6. The molecular formula is C56H108NO8P. The van der Waals surface area contributed by atoms with Gasteiger partial charge in [0.15, 0.2) is 6.10 Å². The fourth-order valence-corrected chi connectivity index (χ4v) is 9.13. The Morgan fingerprint density at radius 3 is 1.17 bits per heavy atom. The Hall–Kier alpha value is -1.51. The molecule has 0 spiro atoms. The number of ether oxygens (including phenoxy) is 2. The smallest absolute Gasteiger partial charge is 0.462 e. The molecule has 0 aliphatic heterocycles. The second kappa shape index (κ2) is 52.9. The molecule has 0 aromatic rings. The van der Waals surface area contributed by atoms with E-state index in [0.717, 1.165) is 38.5 Å². The van der Waals surface area contributed by atoms with Gasteiger partial charge < -0.3 is 20.1 Å². The van der Waals surface area contributed by atoms with Crippen LogP contribution in [0.25, 0.3) is 0 Å². The lowest BCUT2D eigenvalue weighted by molar-refractivity contribution is -0.161. The second-order valence-electron chi connectivity index (χ2n) is 19.2. The van der Waals surface area contributed by atoms with Crippen LogP contribution in [0.15, 0.2) is 24.3 Å². The molecule has 1 unspecified atom stereocenters. The number of phosphoric ester groups is 1. The van der Waals surface area contributed by atoms with E-state index >= 15 is 0 Å². The van der Waals surface area contributed by atoms with Crippen LogP contribution in [0.5, 0.6) is 0 Å². The molecule has 0 amide bonds. The summed E-state index contributed by atoms with van der Waals surface area (Å²) < 4.78 is 33.0. The van der Waals surface area contributed by atoms with E-state index in [1.54, 1.807) is 0 Å². The molecule has 0 radical (unpaired) electrons. The van der Waals surface area contributed by atoms with E-state index in [1.807, 2.05) is 0 Å². The predicted molar refractivity (Wildman–Crippen MR) is 280 cm³/mol. The topological polar surface area (TPSA) is 134 Å². The lowest BCUT2D eigenvalue weighted by Crippen LogP contribution is -2.29. The van der Waals surface area contributed by atoms with Crippen LogP contribution in [0.1, 0.15) is 290 Å². The van der Waals surface area contributed by atoms with Crippen molar-refractivity contribution < 1.29 is 37.6 Å². The van der Waals surface area contributed by atoms with Crippen molar-refractivity contribution in [3.8, 4) is 0 Å². The largest absolute Gasteiger partial charge is 0.472 e. The van der Waals surface area contributed by atoms with Crippen LogP contribution in [-0.4, -0.2) is 49.3 Å². The highest BCUT2D eigenvalue weighted by atomic mass is 31.2. The molecule has 10 heteroatoms. The zero-order chi connectivity index (χ0) is 48.1. The van der Waals surface area contributed by atoms with Gasteiger partial charge in [0.1, 0.15) is 6.61 Å². The van der Waals surface area contributed by atoms with Gasteiger partial charge in [0, 0.05) is 19.4 Å². The first-order valence-corrected chi connectivity index (χ1v) is 29.8. The van der Waals surface area contributed by atoms with Crippen LogP contribution < -0.4 is 5.73 Å². The summed E-state index contributed by atoms with van der Waals surface area (Å²) >= 11 is 0. The first-order valence-electron chi connectivity index (χ1n) is 28.3. The molecule has 3 N–H and O–H groups in total. The molecule has 66 heavy (non-hydrogen) atoms. The molecule has 0 bridgehead atoms. The van der Waals surface area contributed by atoms with Crippen molar-refractivity contribution in [1.82, 2.24) is 0 Å². The average Bonchev–Trinajstić information content (AvgIpc) is 3.31. The Kier molecular flexibility index (Phi) is 51.6. The SMILES string of the molecule is CCCCCCCCCCCCCCCC/C=C/CC/C=C/CCCC(=O)OC[C@H](COP(=O)(O)OCCN)OC(=O)CCCCCCCCCCCCCCCCCCCCCCCC. The molecule has 390 valence electrons. The second-order valence-corrected chi connectivity index (χ2v) is 20.6. The highest BCUT2D eigenvalue weighted by Crippen LogP contribution is 2.43. The Morgan fingerprint density at radius 2 is 0.773 bits per heavy atom. The van der Waals surface area contributed by atoms with Gasteiger partial charge in [-0.05, 0) is 44.9 Å². The van der Waals surface area contributed by atoms with E-state index in [-0.39, 0.29) is 32.6 Å². The molecule has 0 rings (SSSR count). The van der Waals surface area contributed by atoms with Gasteiger partial charge in [-0.1, -0.05) is 256 Å². The number of rotatable bonds is 54. The van der Waals surface area contributed by atoms with Crippen molar-refractivity contribution in [2.45, 2.75) is 296 Å². The monoisotopic (exact) mass is 954 g/mol. The highest BCUT2D eigenvalue weighted by Gasteiger charge is 2.26. The van der Waals surface area contributed by atoms with Crippen molar-refractivity contribution in [3.05, 3.63) is 24.3 Å². The van der Waals surface area contributed by atoms with E-state index in [2.05, 4.69) is 38.2 Å². The fourth-order valence-electron chi connectivity index (χ4n) is 8.36. The van der Waals surface area contributed by atoms with Gasteiger partial charge in [0.05, 0.1) is 13.2 Å². The third kappa shape index (κ3) is 51.9. The van der Waals surface area contributed by atoms with E-state index in [9.17, 15) is 19.0 Å². The van der Waals surface area contributed by atoms with Crippen molar-refractivity contribution in [2.24, 2.45) is 5.73 Å². The Morgan fingerprint density at radius 1 is 0.439 bits per heavy atom. The van der Waals surface area contributed by atoms with E-state index in [4.69, 9.17) is 24.3 Å². The molecule has 2 atom stereocenters. The molecule has 9 nitrogen and oxygen atoms in total. The van der Waals surface area contributed by atoms with Crippen LogP contribution in [-0.2, 0) is 32.7 Å².